The fraction of sp³-hybridized carbons (Fsp3) is 0.500. The van der Waals surface area contributed by atoms with Crippen molar-refractivity contribution in [2.75, 3.05) is 24.6 Å². The Morgan fingerprint density at radius 1 is 0.933 bits per heavy atom. The van der Waals surface area contributed by atoms with Crippen LogP contribution in [0.5, 0.6) is 0 Å². The molecule has 3 amide bonds. The summed E-state index contributed by atoms with van der Waals surface area (Å²) in [6.45, 7) is -0.253. The number of ketones is 1. The summed E-state index contributed by atoms with van der Waals surface area (Å²) < 4.78 is 5.02. The maximum atomic E-state index is 12.4. The van der Waals surface area contributed by atoms with Crippen molar-refractivity contribution in [3.05, 3.63) is 29.8 Å². The third kappa shape index (κ3) is 3.86. The smallest absolute Gasteiger partial charge is 0.326 e. The quantitative estimate of drug-likeness (QED) is 0.401. The van der Waals surface area contributed by atoms with Crippen LogP contribution in [0.3, 0.4) is 0 Å². The van der Waals surface area contributed by atoms with E-state index in [1.54, 1.807) is 29.2 Å². The van der Waals surface area contributed by atoms with Crippen LogP contribution in [0.15, 0.2) is 24.3 Å². The summed E-state index contributed by atoms with van der Waals surface area (Å²) in [7, 11) is 0. The van der Waals surface area contributed by atoms with Gasteiger partial charge < -0.3 is 9.64 Å². The largest absolute Gasteiger partial charge is 0.456 e. The van der Waals surface area contributed by atoms with Crippen LogP contribution in [-0.2, 0) is 23.9 Å². The maximum absolute atomic E-state index is 12.4. The van der Waals surface area contributed by atoms with Crippen molar-refractivity contribution < 1.29 is 28.7 Å². The number of benzene rings is 1. The summed E-state index contributed by atoms with van der Waals surface area (Å²) in [6, 6.07) is 6.58. The molecule has 2 saturated heterocycles. The maximum Gasteiger partial charge on any atom is 0.326 e. The van der Waals surface area contributed by atoms with Gasteiger partial charge in [0.2, 0.25) is 17.7 Å². The lowest BCUT2D eigenvalue weighted by atomic mass is 9.81. The molecule has 0 bridgehead atoms. The number of esters is 1. The van der Waals surface area contributed by atoms with Crippen molar-refractivity contribution in [2.45, 2.75) is 38.5 Å². The molecule has 0 spiro atoms. The minimum atomic E-state index is -0.775. The van der Waals surface area contributed by atoms with Crippen LogP contribution < -0.4 is 4.90 Å². The van der Waals surface area contributed by atoms with Crippen LogP contribution in [0.4, 0.5) is 5.69 Å². The van der Waals surface area contributed by atoms with Gasteiger partial charge in [0.25, 0.3) is 0 Å². The molecule has 8 heteroatoms. The summed E-state index contributed by atoms with van der Waals surface area (Å²) in [6.07, 6.45) is 4.53. The number of ether oxygens (including phenoxy) is 1. The van der Waals surface area contributed by atoms with Gasteiger partial charge in [-0.25, -0.2) is 0 Å². The first-order valence-corrected chi connectivity index (χ1v) is 10.4. The molecule has 4 rings (SSSR count). The first-order chi connectivity index (χ1) is 14.5. The Kier molecular flexibility index (Phi) is 5.65. The Morgan fingerprint density at radius 2 is 1.57 bits per heavy atom. The summed E-state index contributed by atoms with van der Waals surface area (Å²) in [5, 5.41) is 0. The summed E-state index contributed by atoms with van der Waals surface area (Å²) in [5.41, 5.74) is 1.09. The molecule has 158 valence electrons. The molecule has 2 aliphatic heterocycles. The van der Waals surface area contributed by atoms with E-state index in [4.69, 9.17) is 4.74 Å². The van der Waals surface area contributed by atoms with Gasteiger partial charge in [-0.2, -0.15) is 0 Å². The van der Waals surface area contributed by atoms with Gasteiger partial charge in [0, 0.05) is 24.2 Å². The SMILES string of the molecule is O=C(CN1C(=O)C2CCCCC2C1=O)OCC(=O)c1ccc(N2CCCC2=O)cc1. The van der Waals surface area contributed by atoms with Crippen LogP contribution >= 0.6 is 0 Å². The zero-order valence-electron chi connectivity index (χ0n) is 16.7. The number of anilines is 1. The van der Waals surface area contributed by atoms with Gasteiger partial charge in [0.05, 0.1) is 11.8 Å². The summed E-state index contributed by atoms with van der Waals surface area (Å²) in [4.78, 5) is 63.7. The van der Waals surface area contributed by atoms with Crippen LogP contribution in [0.1, 0.15) is 48.9 Å². The second kappa shape index (κ2) is 8.38. The molecule has 3 fully saturated rings. The number of amides is 3. The number of Topliss-reactive ketones (excluding diaryl/α,β-unsaturated/α-hetero) is 1. The van der Waals surface area contributed by atoms with Gasteiger partial charge in [-0.1, -0.05) is 12.8 Å². The predicted octanol–water partition coefficient (Wildman–Crippen LogP) is 1.71. The van der Waals surface area contributed by atoms with Gasteiger partial charge in [-0.05, 0) is 43.5 Å². The molecule has 0 N–H and O–H groups in total. The Hall–Kier alpha value is -3.03. The Morgan fingerprint density at radius 3 is 2.13 bits per heavy atom. The Bertz CT molecular complexity index is 869. The summed E-state index contributed by atoms with van der Waals surface area (Å²) >= 11 is 0. The van der Waals surface area contributed by atoms with Crippen molar-refractivity contribution >= 4 is 35.2 Å². The van der Waals surface area contributed by atoms with Crippen molar-refractivity contribution in [1.82, 2.24) is 4.90 Å². The highest BCUT2D eigenvalue weighted by atomic mass is 16.5. The van der Waals surface area contributed by atoms with E-state index >= 15 is 0 Å². The topological polar surface area (TPSA) is 101 Å². The zero-order valence-corrected chi connectivity index (χ0v) is 16.7. The van der Waals surface area contributed by atoms with Crippen molar-refractivity contribution in [3.8, 4) is 0 Å². The predicted molar refractivity (Wildman–Crippen MR) is 105 cm³/mol. The highest BCUT2D eigenvalue weighted by Gasteiger charge is 2.48. The Balaban J connectivity index is 1.29. The minimum absolute atomic E-state index is 0.0638. The molecule has 1 aromatic carbocycles. The number of imide groups is 1. The third-order valence-corrected chi connectivity index (χ3v) is 6.16. The van der Waals surface area contributed by atoms with Crippen LogP contribution in [0.25, 0.3) is 0 Å². The number of fused-ring (bicyclic) bond motifs is 1. The fourth-order valence-electron chi connectivity index (χ4n) is 4.54. The zero-order chi connectivity index (χ0) is 21.3. The molecule has 0 radical (unpaired) electrons. The fourth-order valence-corrected chi connectivity index (χ4v) is 4.54. The monoisotopic (exact) mass is 412 g/mol. The molecule has 2 atom stereocenters. The number of likely N-dealkylation sites (tertiary alicyclic amines) is 1. The second-order valence-corrected chi connectivity index (χ2v) is 8.04. The normalized spacial score (nSPS) is 23.7. The van der Waals surface area contributed by atoms with Crippen molar-refractivity contribution in [3.63, 3.8) is 0 Å². The van der Waals surface area contributed by atoms with E-state index in [0.29, 0.717) is 31.4 Å². The first-order valence-electron chi connectivity index (χ1n) is 10.4. The van der Waals surface area contributed by atoms with Crippen LogP contribution in [0, 0.1) is 11.8 Å². The molecule has 1 aliphatic carbocycles. The molecule has 2 heterocycles. The first kappa shape index (κ1) is 20.3. The van der Waals surface area contributed by atoms with Crippen LogP contribution in [0.2, 0.25) is 0 Å². The lowest BCUT2D eigenvalue weighted by Crippen LogP contribution is -2.37. The minimum Gasteiger partial charge on any atom is -0.456 e. The number of carbonyl (C=O) groups excluding carboxylic acids is 5. The summed E-state index contributed by atoms with van der Waals surface area (Å²) in [5.74, 6) is -2.35. The van der Waals surface area contributed by atoms with Crippen molar-refractivity contribution in [1.29, 1.82) is 0 Å². The van der Waals surface area contributed by atoms with Crippen molar-refractivity contribution in [2.24, 2.45) is 11.8 Å². The van der Waals surface area contributed by atoms with Gasteiger partial charge >= 0.3 is 5.97 Å². The second-order valence-electron chi connectivity index (χ2n) is 8.04. The van der Waals surface area contributed by atoms with Gasteiger partial charge in [0.15, 0.2) is 12.4 Å². The highest BCUT2D eigenvalue weighted by molar-refractivity contribution is 6.07. The van der Waals surface area contributed by atoms with Gasteiger partial charge in [0.1, 0.15) is 6.54 Å². The van der Waals surface area contributed by atoms with Gasteiger partial charge in [-0.3, -0.25) is 28.9 Å². The van der Waals surface area contributed by atoms with Gasteiger partial charge in [-0.15, -0.1) is 0 Å². The third-order valence-electron chi connectivity index (χ3n) is 6.16. The van der Waals surface area contributed by atoms with E-state index in [1.807, 2.05) is 0 Å². The standard InChI is InChI=1S/C22H24N2O6/c25-18(14-7-9-15(10-8-14)23-11-3-6-19(23)26)13-30-20(27)12-24-21(28)16-4-1-2-5-17(16)22(24)29/h7-10,16-17H,1-6,11-13H2. The van der Waals surface area contributed by atoms with Crippen LogP contribution in [-0.4, -0.2) is 54.1 Å². The molecular formula is C22H24N2O6. The van der Waals surface area contributed by atoms with E-state index in [-0.39, 0.29) is 29.6 Å². The number of nitrogens with zero attached hydrogens (tertiary/aromatic N) is 2. The number of carbonyl (C=O) groups is 5. The van der Waals surface area contributed by atoms with E-state index in [1.165, 1.54) is 0 Å². The average molecular weight is 412 g/mol. The molecule has 8 nitrogen and oxygen atoms in total. The molecule has 30 heavy (non-hydrogen) atoms. The molecular weight excluding hydrogens is 388 g/mol. The highest BCUT2D eigenvalue weighted by Crippen LogP contribution is 2.37. The van der Waals surface area contributed by atoms with E-state index in [9.17, 15) is 24.0 Å². The van der Waals surface area contributed by atoms with E-state index in [2.05, 4.69) is 0 Å². The number of rotatable bonds is 6. The Labute approximate surface area is 174 Å². The molecule has 2 unspecified atom stereocenters. The molecule has 0 aromatic heterocycles. The lowest BCUT2D eigenvalue weighted by molar-refractivity contribution is -0.152. The van der Waals surface area contributed by atoms with E-state index < -0.39 is 24.9 Å². The lowest BCUT2D eigenvalue weighted by Gasteiger charge is -2.19. The molecule has 3 aliphatic rings. The molecule has 1 aromatic rings. The number of hydrogen-bond acceptors (Lipinski definition) is 6. The molecule has 1 saturated carbocycles. The number of hydrogen-bond donors (Lipinski definition) is 0. The van der Waals surface area contributed by atoms with E-state index in [0.717, 1.165) is 29.8 Å². The average Bonchev–Trinajstić information content (AvgIpc) is 3.29.